The zero-order chi connectivity index (χ0) is 98.1. The van der Waals surface area contributed by atoms with Gasteiger partial charge >= 0.3 is 41.8 Å². The molecule has 0 aliphatic heterocycles. The average Bonchev–Trinajstić information content (AvgIpc) is 0.754. The van der Waals surface area contributed by atoms with Gasteiger partial charge < -0.3 is 74.0 Å². The summed E-state index contributed by atoms with van der Waals surface area (Å²) in [5, 5.41) is 86.8. The third-order valence-corrected chi connectivity index (χ3v) is 24.0. The molecular formula is C111H130O22. The van der Waals surface area contributed by atoms with E-state index in [4.69, 9.17) is 43.4 Å². The van der Waals surface area contributed by atoms with Gasteiger partial charge in [0.05, 0.1) is 39.4 Å². The highest BCUT2D eigenvalue weighted by atomic mass is 16.6. The molecule has 22 nitrogen and oxygen atoms in total. The quantitative estimate of drug-likeness (QED) is 0.00779. The summed E-state index contributed by atoms with van der Waals surface area (Å²) in [7, 11) is 0. The van der Waals surface area contributed by atoms with Crippen LogP contribution in [0.4, 0.5) is 0 Å². The molecule has 13 aromatic carbocycles. The Kier molecular flexibility index (Phi) is 39.9. The first-order valence-electron chi connectivity index (χ1n) is 45.1. The number of carbonyl (C=O) groups excluding carboxylic acids is 7. The Morgan fingerprint density at radius 1 is 0.263 bits per heavy atom. The molecule has 706 valence electrons. The lowest BCUT2D eigenvalue weighted by Gasteiger charge is -2.21. The van der Waals surface area contributed by atoms with E-state index in [0.29, 0.717) is 22.9 Å². The summed E-state index contributed by atoms with van der Waals surface area (Å²) in [5.74, 6) is -0.282. The van der Waals surface area contributed by atoms with Gasteiger partial charge in [0.15, 0.2) is 11.5 Å². The van der Waals surface area contributed by atoms with Crippen molar-refractivity contribution in [1.82, 2.24) is 0 Å². The molecule has 0 bridgehead atoms. The fraction of sp³-hybridized carbons (Fsp3) is 0.342. The van der Waals surface area contributed by atoms with Crippen LogP contribution < -0.4 is 4.74 Å². The van der Waals surface area contributed by atoms with Crippen molar-refractivity contribution in [3.8, 4) is 51.7 Å². The summed E-state index contributed by atoms with van der Waals surface area (Å²) in [6.07, 6.45) is 5.21. The highest BCUT2D eigenvalue weighted by Crippen LogP contribution is 2.44. The number of hydrogen-bond donors (Lipinski definition) is 8. The van der Waals surface area contributed by atoms with E-state index in [1.54, 1.807) is 109 Å². The molecule has 0 saturated carbocycles. The minimum absolute atomic E-state index is 0.0536. The molecular weight excluding hydrogens is 1690 g/mol. The molecule has 3 atom stereocenters. The van der Waals surface area contributed by atoms with Crippen molar-refractivity contribution in [3.63, 3.8) is 0 Å². The molecule has 3 unspecified atom stereocenters. The van der Waals surface area contributed by atoms with Crippen molar-refractivity contribution in [1.29, 1.82) is 0 Å². The lowest BCUT2D eigenvalue weighted by atomic mass is 9.90. The van der Waals surface area contributed by atoms with Crippen LogP contribution in [0.3, 0.4) is 0 Å². The molecule has 0 radical (unpaired) electrons. The SMILES string of the molecule is CCC(C)(C)C(=O)OCc1ccc(O)c2ccccc12.CCC(C)(C)C(=O)OCc1ccc(O)cc1.CCC(C)(C)C(=O)OCc1cccc2c(O)cccc12.CCC(C)(C)C(=O)Oc1c2ccccc2cc2c(O)c(O)ccc12.CCC(C)C(=O)OCc1ccc(O)c2ccccc12.CCC(C)C(=O)OCc1ccc(O)cc1.CCC(C)C(=O)OCc1cccc2c(O)cccc12. The third-order valence-electron chi connectivity index (χ3n) is 24.0. The molecule has 0 aliphatic rings. The molecule has 0 saturated heterocycles. The molecule has 0 aliphatic carbocycles. The Balaban J connectivity index is 0.000000213. The maximum atomic E-state index is 12.6. The predicted molar refractivity (Wildman–Crippen MR) is 523 cm³/mol. The Hall–Kier alpha value is -13.9. The van der Waals surface area contributed by atoms with Gasteiger partial charge in [0.25, 0.3) is 0 Å². The highest BCUT2D eigenvalue weighted by molar-refractivity contribution is 6.09. The van der Waals surface area contributed by atoms with Crippen molar-refractivity contribution >= 4 is 106 Å². The molecule has 13 rings (SSSR count). The molecule has 0 amide bonds. The van der Waals surface area contributed by atoms with Crippen LogP contribution in [0.15, 0.2) is 237 Å². The summed E-state index contributed by atoms with van der Waals surface area (Å²) in [5.41, 5.74) is 3.40. The van der Waals surface area contributed by atoms with Crippen molar-refractivity contribution in [3.05, 3.63) is 270 Å². The van der Waals surface area contributed by atoms with Crippen LogP contribution in [-0.2, 0) is 102 Å². The van der Waals surface area contributed by atoms with Crippen LogP contribution in [0.5, 0.6) is 51.7 Å². The number of fused-ring (bicyclic) bond motifs is 6. The molecule has 0 heterocycles. The zero-order valence-electron chi connectivity index (χ0n) is 79.7. The minimum Gasteiger partial charge on any atom is -0.508 e. The number of carbonyl (C=O) groups is 7. The molecule has 8 N–H and O–H groups in total. The number of phenolic OH excluding ortho intramolecular Hbond substituents is 8. The van der Waals surface area contributed by atoms with Gasteiger partial charge in [-0.1, -0.05) is 239 Å². The second kappa shape index (κ2) is 49.9. The Morgan fingerprint density at radius 3 is 0.910 bits per heavy atom. The maximum absolute atomic E-state index is 12.6. The molecule has 0 fully saturated rings. The van der Waals surface area contributed by atoms with Gasteiger partial charge in [0.2, 0.25) is 0 Å². The van der Waals surface area contributed by atoms with Crippen molar-refractivity contribution in [2.24, 2.45) is 39.4 Å². The first kappa shape index (κ1) is 106. The summed E-state index contributed by atoms with van der Waals surface area (Å²) in [4.78, 5) is 82.9. The largest absolute Gasteiger partial charge is 0.508 e. The van der Waals surface area contributed by atoms with E-state index in [2.05, 4.69) is 0 Å². The van der Waals surface area contributed by atoms with E-state index in [1.165, 1.54) is 6.07 Å². The molecule has 22 heteroatoms. The van der Waals surface area contributed by atoms with E-state index >= 15 is 0 Å². The first-order chi connectivity index (χ1) is 63.1. The van der Waals surface area contributed by atoms with Gasteiger partial charge in [0, 0.05) is 37.7 Å². The first-order valence-corrected chi connectivity index (χ1v) is 45.1. The van der Waals surface area contributed by atoms with Crippen molar-refractivity contribution < 1.29 is 108 Å². The minimum atomic E-state index is -0.609. The van der Waals surface area contributed by atoms with Crippen molar-refractivity contribution in [2.45, 2.75) is 209 Å². The molecule has 133 heavy (non-hydrogen) atoms. The fourth-order valence-corrected chi connectivity index (χ4v) is 12.5. The lowest BCUT2D eigenvalue weighted by Crippen LogP contribution is -2.28. The normalized spacial score (nSPS) is 11.8. The predicted octanol–water partition coefficient (Wildman–Crippen LogP) is 25.4. The number of aromatic hydroxyl groups is 8. The average molecular weight is 1820 g/mol. The van der Waals surface area contributed by atoms with Crippen LogP contribution in [0.2, 0.25) is 0 Å². The topological polar surface area (TPSA) is 346 Å². The van der Waals surface area contributed by atoms with Crippen LogP contribution in [-0.4, -0.2) is 82.6 Å². The van der Waals surface area contributed by atoms with E-state index in [0.717, 1.165) is 126 Å². The number of esters is 7. The van der Waals surface area contributed by atoms with Gasteiger partial charge in [-0.15, -0.1) is 0 Å². The van der Waals surface area contributed by atoms with Crippen LogP contribution in [0.1, 0.15) is 203 Å². The Morgan fingerprint density at radius 2 is 0.541 bits per heavy atom. The number of benzene rings is 13. The van der Waals surface area contributed by atoms with Gasteiger partial charge in [-0.2, -0.15) is 0 Å². The smallest absolute Gasteiger partial charge is 0.316 e. The van der Waals surface area contributed by atoms with Crippen LogP contribution in [0, 0.1) is 39.4 Å². The van der Waals surface area contributed by atoms with E-state index < -0.39 is 21.7 Å². The maximum Gasteiger partial charge on any atom is 0.316 e. The second-order valence-corrected chi connectivity index (χ2v) is 35.3. The highest BCUT2D eigenvalue weighted by Gasteiger charge is 2.32. The summed E-state index contributed by atoms with van der Waals surface area (Å²) in [6.45, 7) is 35.7. The number of rotatable bonds is 27. The molecule has 13 aromatic rings. The monoisotopic (exact) mass is 1810 g/mol. The van der Waals surface area contributed by atoms with Crippen LogP contribution in [0.25, 0.3) is 64.6 Å². The van der Waals surface area contributed by atoms with Gasteiger partial charge in [-0.3, -0.25) is 33.6 Å². The lowest BCUT2D eigenvalue weighted by molar-refractivity contribution is -0.156. The van der Waals surface area contributed by atoms with Crippen LogP contribution >= 0.6 is 0 Å². The fourth-order valence-electron chi connectivity index (χ4n) is 12.5. The van der Waals surface area contributed by atoms with Gasteiger partial charge in [-0.25, -0.2) is 0 Å². The van der Waals surface area contributed by atoms with Crippen molar-refractivity contribution in [2.75, 3.05) is 0 Å². The number of ether oxygens (including phenoxy) is 7. The second-order valence-electron chi connectivity index (χ2n) is 35.3. The van der Waals surface area contributed by atoms with Gasteiger partial charge in [0.1, 0.15) is 79.9 Å². The third kappa shape index (κ3) is 30.1. The summed E-state index contributed by atoms with van der Waals surface area (Å²) >= 11 is 0. The molecule has 0 aromatic heterocycles. The van der Waals surface area contributed by atoms with E-state index in [9.17, 15) is 64.2 Å². The standard InChI is InChI=1S/C20H20O4.2C17H20O3.2C16H18O3.C13H18O3.C12H16O3/c1-4-20(2,3)19(23)24-18-13-8-6-5-7-12(13)11-15-14(18)9-10-16(21)17(15)22;1-4-17(2,3)16(19)20-11-12-7-5-9-14-13(12)8-6-10-15(14)18;1-4-17(2,3)16(19)20-11-12-9-10-15(18)14-8-6-5-7-13(12)14;1-3-11(2)16(18)19-10-12-6-4-8-14-13(12)7-5-9-15(14)17;1-3-11(2)16(18)19-10-12-8-9-15(17)14-7-5-4-6-13(12)14;1-4-13(2,3)12(15)16-9-10-5-7-11(14)8-6-10;1-3-9(2)12(14)15-8-10-4-6-11(13)7-5-10/h5-11,21-22H,4H2,1-3H3;2*5-10,18H,4,11H2,1-3H3;2*4-9,11,17H,3,10H2,1-2H3;5-8,14H,4,9H2,1-3H3;4-7,9,13H,3,8H2,1-2H3. The van der Waals surface area contributed by atoms with E-state index in [-0.39, 0.29) is 145 Å². The van der Waals surface area contributed by atoms with Gasteiger partial charge in [-0.05, 0) is 227 Å². The number of phenols is 8. The zero-order valence-corrected chi connectivity index (χ0v) is 79.7. The summed E-state index contributed by atoms with van der Waals surface area (Å²) < 4.78 is 37.5. The Labute approximate surface area is 780 Å². The number of hydrogen-bond acceptors (Lipinski definition) is 22. The molecule has 0 spiro atoms. The van der Waals surface area contributed by atoms with E-state index in [1.807, 2.05) is 246 Å². The Bertz CT molecular complexity index is 5960. The summed E-state index contributed by atoms with van der Waals surface area (Å²) in [6, 6.07) is 69.5.